The fourth-order valence-electron chi connectivity index (χ4n) is 3.19. The van der Waals surface area contributed by atoms with E-state index in [4.69, 9.17) is 4.74 Å². The molecule has 1 N–H and O–H groups in total. The van der Waals surface area contributed by atoms with Crippen LogP contribution < -0.4 is 5.32 Å². The second kappa shape index (κ2) is 5.78. The Morgan fingerprint density at radius 1 is 1.00 bits per heavy atom. The molecule has 1 aliphatic heterocycles. The van der Waals surface area contributed by atoms with Gasteiger partial charge in [-0.05, 0) is 37.1 Å². The van der Waals surface area contributed by atoms with Crippen molar-refractivity contribution in [3.05, 3.63) is 71.8 Å². The van der Waals surface area contributed by atoms with Crippen LogP contribution in [0.2, 0.25) is 0 Å². The van der Waals surface area contributed by atoms with Crippen molar-refractivity contribution in [2.75, 3.05) is 20.2 Å². The molecule has 104 valence electrons. The highest BCUT2D eigenvalue weighted by molar-refractivity contribution is 5.37. The molecule has 2 aromatic carbocycles. The molecule has 0 aromatic heterocycles. The molecule has 3 rings (SSSR count). The molecule has 0 spiro atoms. The van der Waals surface area contributed by atoms with Crippen LogP contribution in [0.4, 0.5) is 0 Å². The minimum absolute atomic E-state index is 0.288. The zero-order valence-electron chi connectivity index (χ0n) is 11.9. The summed E-state index contributed by atoms with van der Waals surface area (Å²) in [5, 5.41) is 3.27. The smallest absolute Gasteiger partial charge is 0.118 e. The molecule has 2 aromatic rings. The summed E-state index contributed by atoms with van der Waals surface area (Å²) in [6, 6.07) is 21.2. The highest BCUT2D eigenvalue weighted by Crippen LogP contribution is 2.44. The van der Waals surface area contributed by atoms with E-state index in [1.165, 1.54) is 11.1 Å². The summed E-state index contributed by atoms with van der Waals surface area (Å²) in [6.07, 6.45) is 1.03. The zero-order chi connectivity index (χ0) is 13.8. The van der Waals surface area contributed by atoms with Crippen LogP contribution in [0.5, 0.6) is 0 Å². The van der Waals surface area contributed by atoms with E-state index in [0.29, 0.717) is 5.92 Å². The van der Waals surface area contributed by atoms with Crippen LogP contribution in [0.15, 0.2) is 60.7 Å². The third-order valence-electron chi connectivity index (χ3n) is 4.11. The lowest BCUT2D eigenvalue weighted by atomic mass is 9.81. The van der Waals surface area contributed by atoms with Gasteiger partial charge in [-0.1, -0.05) is 60.7 Å². The second-order valence-corrected chi connectivity index (χ2v) is 5.50. The molecule has 1 saturated heterocycles. The van der Waals surface area contributed by atoms with Crippen molar-refractivity contribution < 1.29 is 4.74 Å². The summed E-state index contributed by atoms with van der Waals surface area (Å²) in [7, 11) is 2.00. The van der Waals surface area contributed by atoms with Gasteiger partial charge in [-0.3, -0.25) is 0 Å². The number of hydrogen-bond acceptors (Lipinski definition) is 2. The largest absolute Gasteiger partial charge is 0.365 e. The lowest BCUT2D eigenvalue weighted by molar-refractivity contribution is 0.0343. The Bertz CT molecular complexity index is 498. The fraction of sp³-hybridized carbons (Fsp3) is 0.333. The normalized spacial score (nSPS) is 20.9. The molecule has 0 saturated carbocycles. The van der Waals surface area contributed by atoms with Gasteiger partial charge in [-0.2, -0.15) is 0 Å². The van der Waals surface area contributed by atoms with Gasteiger partial charge >= 0.3 is 0 Å². The quantitative estimate of drug-likeness (QED) is 0.918. The van der Waals surface area contributed by atoms with Crippen LogP contribution in [-0.4, -0.2) is 20.2 Å². The molecular formula is C18H21NO. The molecule has 20 heavy (non-hydrogen) atoms. The van der Waals surface area contributed by atoms with Gasteiger partial charge in [0.25, 0.3) is 0 Å². The molecule has 0 bridgehead atoms. The molecule has 2 heteroatoms. The van der Waals surface area contributed by atoms with Crippen LogP contribution >= 0.6 is 0 Å². The third kappa shape index (κ3) is 2.37. The molecule has 0 amide bonds. The lowest BCUT2D eigenvalue weighted by Crippen LogP contribution is -2.27. The Labute approximate surface area is 120 Å². The first-order valence-corrected chi connectivity index (χ1v) is 7.25. The van der Waals surface area contributed by atoms with Crippen molar-refractivity contribution >= 4 is 0 Å². The number of rotatable bonds is 4. The maximum absolute atomic E-state index is 6.34. The second-order valence-electron chi connectivity index (χ2n) is 5.50. The van der Waals surface area contributed by atoms with Gasteiger partial charge in [0.1, 0.15) is 5.60 Å². The van der Waals surface area contributed by atoms with E-state index in [0.717, 1.165) is 19.6 Å². The average Bonchev–Trinajstić information content (AvgIpc) is 2.95. The van der Waals surface area contributed by atoms with E-state index in [1.807, 2.05) is 7.05 Å². The van der Waals surface area contributed by atoms with Crippen molar-refractivity contribution in [1.82, 2.24) is 5.32 Å². The number of nitrogens with one attached hydrogen (secondary N) is 1. The highest BCUT2D eigenvalue weighted by atomic mass is 16.5. The molecule has 1 heterocycles. The fourth-order valence-corrected chi connectivity index (χ4v) is 3.19. The van der Waals surface area contributed by atoms with Gasteiger partial charge < -0.3 is 10.1 Å². The van der Waals surface area contributed by atoms with Crippen LogP contribution in [0.1, 0.15) is 17.5 Å². The average molecular weight is 267 g/mol. The van der Waals surface area contributed by atoms with Gasteiger partial charge in [-0.15, -0.1) is 0 Å². The Kier molecular flexibility index (Phi) is 3.86. The molecule has 0 radical (unpaired) electrons. The zero-order valence-corrected chi connectivity index (χ0v) is 11.9. The summed E-state index contributed by atoms with van der Waals surface area (Å²) in [5.74, 6) is 0.556. The topological polar surface area (TPSA) is 21.3 Å². The van der Waals surface area contributed by atoms with E-state index in [1.54, 1.807) is 0 Å². The van der Waals surface area contributed by atoms with E-state index in [2.05, 4.69) is 66.0 Å². The van der Waals surface area contributed by atoms with Gasteiger partial charge in [-0.25, -0.2) is 0 Å². The summed E-state index contributed by atoms with van der Waals surface area (Å²) >= 11 is 0. The van der Waals surface area contributed by atoms with E-state index < -0.39 is 0 Å². The van der Waals surface area contributed by atoms with Gasteiger partial charge in [0, 0.05) is 0 Å². The predicted octanol–water partition coefficient (Wildman–Crippen LogP) is 3.19. The summed E-state index contributed by atoms with van der Waals surface area (Å²) in [5.41, 5.74) is 2.22. The Morgan fingerprint density at radius 2 is 1.55 bits per heavy atom. The van der Waals surface area contributed by atoms with Crippen molar-refractivity contribution in [2.45, 2.75) is 12.0 Å². The molecule has 1 atom stereocenters. The number of hydrogen-bond donors (Lipinski definition) is 1. The maximum atomic E-state index is 6.34. The van der Waals surface area contributed by atoms with Crippen LogP contribution in [0.25, 0.3) is 0 Å². The molecule has 2 nitrogen and oxygen atoms in total. The third-order valence-corrected chi connectivity index (χ3v) is 4.11. The molecule has 1 unspecified atom stereocenters. The maximum Gasteiger partial charge on any atom is 0.118 e. The minimum atomic E-state index is -0.288. The molecule has 0 aliphatic carbocycles. The van der Waals surface area contributed by atoms with Crippen LogP contribution in [0.3, 0.4) is 0 Å². The number of benzene rings is 2. The first kappa shape index (κ1) is 13.3. The number of ether oxygens (including phenoxy) is 1. The van der Waals surface area contributed by atoms with Gasteiger partial charge in [0.15, 0.2) is 0 Å². The monoisotopic (exact) mass is 267 g/mol. The van der Waals surface area contributed by atoms with Crippen molar-refractivity contribution in [3.8, 4) is 0 Å². The van der Waals surface area contributed by atoms with E-state index in [-0.39, 0.29) is 5.60 Å². The SMILES string of the molecule is CNCC1COC(c2ccccc2)(c2ccccc2)C1. The van der Waals surface area contributed by atoms with Crippen molar-refractivity contribution in [1.29, 1.82) is 0 Å². The summed E-state index contributed by atoms with van der Waals surface area (Å²) in [6.45, 7) is 1.81. The van der Waals surface area contributed by atoms with Gasteiger partial charge in [0.05, 0.1) is 6.61 Å². The Morgan fingerprint density at radius 3 is 2.05 bits per heavy atom. The van der Waals surface area contributed by atoms with Crippen molar-refractivity contribution in [2.24, 2.45) is 5.92 Å². The lowest BCUT2D eigenvalue weighted by Gasteiger charge is -2.30. The Balaban J connectivity index is 2.01. The minimum Gasteiger partial charge on any atom is -0.365 e. The van der Waals surface area contributed by atoms with E-state index >= 15 is 0 Å². The standard InChI is InChI=1S/C18H21NO/c1-19-13-15-12-18(20-14-15,16-8-4-2-5-9-16)17-10-6-3-7-11-17/h2-11,15,19H,12-14H2,1H3. The van der Waals surface area contributed by atoms with E-state index in [9.17, 15) is 0 Å². The molecular weight excluding hydrogens is 246 g/mol. The first-order chi connectivity index (χ1) is 9.85. The first-order valence-electron chi connectivity index (χ1n) is 7.25. The van der Waals surface area contributed by atoms with Crippen molar-refractivity contribution in [3.63, 3.8) is 0 Å². The van der Waals surface area contributed by atoms with Crippen LogP contribution in [-0.2, 0) is 10.3 Å². The molecule has 1 fully saturated rings. The molecule has 1 aliphatic rings. The highest BCUT2D eigenvalue weighted by Gasteiger charge is 2.42. The summed E-state index contributed by atoms with van der Waals surface area (Å²) in [4.78, 5) is 0. The Hall–Kier alpha value is -1.64. The predicted molar refractivity (Wildman–Crippen MR) is 81.6 cm³/mol. The van der Waals surface area contributed by atoms with Gasteiger partial charge in [0.2, 0.25) is 0 Å². The summed E-state index contributed by atoms with van der Waals surface area (Å²) < 4.78 is 6.34. The van der Waals surface area contributed by atoms with Crippen LogP contribution in [0, 0.1) is 5.92 Å².